The van der Waals surface area contributed by atoms with Crippen molar-refractivity contribution in [3.63, 3.8) is 0 Å². The summed E-state index contributed by atoms with van der Waals surface area (Å²) in [7, 11) is 0. The Morgan fingerprint density at radius 2 is 1.91 bits per heavy atom. The summed E-state index contributed by atoms with van der Waals surface area (Å²) in [5.41, 5.74) is 4.05. The summed E-state index contributed by atoms with van der Waals surface area (Å²) < 4.78 is 8.44. The lowest BCUT2D eigenvalue weighted by atomic mass is 10.1. The Morgan fingerprint density at radius 3 is 2.50 bits per heavy atom. The molecular formula is C19H30N2O. The summed E-state index contributed by atoms with van der Waals surface area (Å²) in [5.74, 6) is 0.973. The molecule has 0 saturated heterocycles. The number of benzene rings is 1. The maximum atomic E-state index is 6.01. The van der Waals surface area contributed by atoms with Crippen LogP contribution >= 0.6 is 0 Å². The molecule has 0 spiro atoms. The molecule has 122 valence electrons. The maximum Gasteiger partial charge on any atom is 0.120 e. The second-order valence-corrected chi connectivity index (χ2v) is 6.32. The molecular weight excluding hydrogens is 272 g/mol. The number of fused-ring (bicyclic) bond motifs is 1. The van der Waals surface area contributed by atoms with Gasteiger partial charge in [0, 0.05) is 29.2 Å². The maximum absolute atomic E-state index is 6.01. The first-order valence-electron chi connectivity index (χ1n) is 8.50. The second-order valence-electron chi connectivity index (χ2n) is 6.32. The fourth-order valence-electron chi connectivity index (χ4n) is 3.02. The molecule has 0 amide bonds. The highest BCUT2D eigenvalue weighted by Gasteiger charge is 2.16. The highest BCUT2D eigenvalue weighted by Crippen LogP contribution is 2.32. The van der Waals surface area contributed by atoms with Gasteiger partial charge in [0.05, 0.1) is 6.10 Å². The number of hydrogen-bond donors (Lipinski definition) is 1. The fourth-order valence-corrected chi connectivity index (χ4v) is 3.02. The first-order valence-corrected chi connectivity index (χ1v) is 8.50. The van der Waals surface area contributed by atoms with E-state index in [1.165, 1.54) is 22.2 Å². The van der Waals surface area contributed by atoms with Gasteiger partial charge < -0.3 is 14.6 Å². The summed E-state index contributed by atoms with van der Waals surface area (Å²) in [6.07, 6.45) is 1.27. The molecule has 1 atom stereocenters. The molecule has 1 aromatic heterocycles. The number of nitrogens with one attached hydrogen (secondary N) is 1. The molecule has 1 heterocycles. The van der Waals surface area contributed by atoms with Crippen molar-refractivity contribution in [1.82, 2.24) is 9.88 Å². The Bertz CT molecular complexity index is 628. The van der Waals surface area contributed by atoms with Crippen molar-refractivity contribution in [3.8, 4) is 5.75 Å². The van der Waals surface area contributed by atoms with Crippen LogP contribution in [-0.2, 0) is 6.54 Å². The van der Waals surface area contributed by atoms with Crippen LogP contribution in [0.15, 0.2) is 18.2 Å². The number of aromatic nitrogens is 1. The Hall–Kier alpha value is -1.48. The Kier molecular flexibility index (Phi) is 5.52. The average molecular weight is 302 g/mol. The van der Waals surface area contributed by atoms with Crippen LogP contribution < -0.4 is 10.1 Å². The smallest absolute Gasteiger partial charge is 0.120 e. The number of rotatable bonds is 7. The van der Waals surface area contributed by atoms with Crippen LogP contribution in [0.5, 0.6) is 5.75 Å². The lowest BCUT2D eigenvalue weighted by Gasteiger charge is -2.14. The van der Waals surface area contributed by atoms with Crippen LogP contribution in [0.1, 0.15) is 58.3 Å². The Morgan fingerprint density at radius 1 is 1.18 bits per heavy atom. The van der Waals surface area contributed by atoms with Crippen LogP contribution in [0.3, 0.4) is 0 Å². The zero-order chi connectivity index (χ0) is 16.3. The van der Waals surface area contributed by atoms with Crippen LogP contribution in [0.2, 0.25) is 0 Å². The molecule has 2 aromatic rings. The largest absolute Gasteiger partial charge is 0.491 e. The molecule has 0 unspecified atom stereocenters. The van der Waals surface area contributed by atoms with Crippen molar-refractivity contribution in [2.24, 2.45) is 0 Å². The summed E-state index contributed by atoms with van der Waals surface area (Å²) in [5, 5.41) is 4.78. The van der Waals surface area contributed by atoms with Gasteiger partial charge in [-0.25, -0.2) is 0 Å². The van der Waals surface area contributed by atoms with E-state index >= 15 is 0 Å². The molecule has 0 aliphatic rings. The molecule has 3 heteroatoms. The van der Waals surface area contributed by atoms with E-state index in [2.05, 4.69) is 69.6 Å². The summed E-state index contributed by atoms with van der Waals surface area (Å²) in [6, 6.07) is 6.97. The van der Waals surface area contributed by atoms with Crippen molar-refractivity contribution >= 4 is 10.9 Å². The number of hydrogen-bond acceptors (Lipinski definition) is 2. The third-order valence-electron chi connectivity index (χ3n) is 4.33. The fraction of sp³-hybridized carbons (Fsp3) is 0.579. The number of ether oxygens (including phenoxy) is 1. The van der Waals surface area contributed by atoms with Gasteiger partial charge in [-0.3, -0.25) is 0 Å². The molecule has 0 aliphatic heterocycles. The van der Waals surface area contributed by atoms with Crippen molar-refractivity contribution in [2.45, 2.75) is 66.7 Å². The van der Waals surface area contributed by atoms with Crippen LogP contribution in [0.25, 0.3) is 10.9 Å². The van der Waals surface area contributed by atoms with Crippen molar-refractivity contribution in [1.29, 1.82) is 0 Å². The van der Waals surface area contributed by atoms with Gasteiger partial charge >= 0.3 is 0 Å². The normalized spacial score (nSPS) is 13.0. The SMILES string of the molecule is CCNCc1c(C)n(C(C)C)c2ccc(O[C@@H](C)CC)cc12. The molecule has 0 saturated carbocycles. The Balaban J connectivity index is 2.52. The van der Waals surface area contributed by atoms with Gasteiger partial charge in [-0.1, -0.05) is 13.8 Å². The molecule has 22 heavy (non-hydrogen) atoms. The second kappa shape index (κ2) is 7.19. The summed E-state index contributed by atoms with van der Waals surface area (Å²) in [4.78, 5) is 0. The van der Waals surface area contributed by atoms with E-state index in [1.54, 1.807) is 0 Å². The molecule has 3 nitrogen and oxygen atoms in total. The van der Waals surface area contributed by atoms with E-state index in [-0.39, 0.29) is 6.10 Å². The monoisotopic (exact) mass is 302 g/mol. The van der Waals surface area contributed by atoms with E-state index in [9.17, 15) is 0 Å². The molecule has 0 fully saturated rings. The number of nitrogens with zero attached hydrogens (tertiary/aromatic N) is 1. The third kappa shape index (κ3) is 3.30. The van der Waals surface area contributed by atoms with Gasteiger partial charge in [-0.15, -0.1) is 0 Å². The first-order chi connectivity index (χ1) is 10.5. The van der Waals surface area contributed by atoms with E-state index in [0.717, 1.165) is 25.3 Å². The van der Waals surface area contributed by atoms with E-state index in [1.807, 2.05) is 0 Å². The Labute approximate surface area is 134 Å². The molecule has 2 rings (SSSR count). The average Bonchev–Trinajstić information content (AvgIpc) is 2.76. The van der Waals surface area contributed by atoms with Gasteiger partial charge in [0.15, 0.2) is 0 Å². The summed E-state index contributed by atoms with van der Waals surface area (Å²) >= 11 is 0. The lowest BCUT2D eigenvalue weighted by molar-refractivity contribution is 0.217. The molecule has 0 radical (unpaired) electrons. The zero-order valence-electron chi connectivity index (χ0n) is 14.9. The third-order valence-corrected chi connectivity index (χ3v) is 4.33. The van der Waals surface area contributed by atoms with E-state index in [4.69, 9.17) is 4.74 Å². The van der Waals surface area contributed by atoms with Gasteiger partial charge in [-0.2, -0.15) is 0 Å². The van der Waals surface area contributed by atoms with Crippen molar-refractivity contribution < 1.29 is 4.74 Å². The minimum absolute atomic E-state index is 0.253. The highest BCUT2D eigenvalue weighted by molar-refractivity contribution is 5.87. The van der Waals surface area contributed by atoms with Crippen molar-refractivity contribution in [3.05, 3.63) is 29.5 Å². The van der Waals surface area contributed by atoms with Gasteiger partial charge in [-0.05, 0) is 64.4 Å². The molecule has 1 aromatic carbocycles. The van der Waals surface area contributed by atoms with E-state index < -0.39 is 0 Å². The van der Waals surface area contributed by atoms with Gasteiger partial charge in [0.1, 0.15) is 5.75 Å². The molecule has 1 N–H and O–H groups in total. The standard InChI is InChI=1S/C19H30N2O/c1-7-14(5)22-16-9-10-19-17(11-16)18(12-20-8-2)15(6)21(19)13(3)4/h9-11,13-14,20H,7-8,12H2,1-6H3/t14-/m0/s1. The lowest BCUT2D eigenvalue weighted by Crippen LogP contribution is -2.13. The first kappa shape index (κ1) is 16.9. The minimum Gasteiger partial charge on any atom is -0.491 e. The van der Waals surface area contributed by atoms with Crippen LogP contribution in [0, 0.1) is 6.92 Å². The molecule has 0 bridgehead atoms. The van der Waals surface area contributed by atoms with Gasteiger partial charge in [0.2, 0.25) is 0 Å². The van der Waals surface area contributed by atoms with Gasteiger partial charge in [0.25, 0.3) is 0 Å². The van der Waals surface area contributed by atoms with Crippen molar-refractivity contribution in [2.75, 3.05) is 6.54 Å². The predicted octanol–water partition coefficient (Wildman–Crippen LogP) is 4.82. The topological polar surface area (TPSA) is 26.2 Å². The summed E-state index contributed by atoms with van der Waals surface area (Å²) in [6.45, 7) is 15.0. The van der Waals surface area contributed by atoms with E-state index in [0.29, 0.717) is 6.04 Å². The minimum atomic E-state index is 0.253. The highest BCUT2D eigenvalue weighted by atomic mass is 16.5. The van der Waals surface area contributed by atoms with Crippen LogP contribution in [0.4, 0.5) is 0 Å². The predicted molar refractivity (Wildman–Crippen MR) is 94.8 cm³/mol. The molecule has 0 aliphatic carbocycles. The zero-order valence-corrected chi connectivity index (χ0v) is 14.9. The van der Waals surface area contributed by atoms with Crippen LogP contribution in [-0.4, -0.2) is 17.2 Å². The quantitative estimate of drug-likeness (QED) is 0.793.